The fourth-order valence-corrected chi connectivity index (χ4v) is 2.90. The fourth-order valence-electron chi connectivity index (χ4n) is 2.90. The number of nitrogens with one attached hydrogen (secondary N) is 1. The predicted molar refractivity (Wildman–Crippen MR) is 101 cm³/mol. The second-order valence-corrected chi connectivity index (χ2v) is 6.62. The van der Waals surface area contributed by atoms with Crippen LogP contribution < -0.4 is 5.32 Å². The Morgan fingerprint density at radius 3 is 2.50 bits per heavy atom. The number of aryl methyl sites for hydroxylation is 1. The van der Waals surface area contributed by atoms with Gasteiger partial charge in [-0.05, 0) is 37.1 Å². The topological polar surface area (TPSA) is 67.2 Å². The van der Waals surface area contributed by atoms with Crippen molar-refractivity contribution in [2.45, 2.75) is 32.4 Å². The molecule has 0 spiro atoms. The molecule has 2 aromatic carbocycles. The van der Waals surface area contributed by atoms with E-state index in [1.807, 2.05) is 73.8 Å². The molecule has 3 rings (SSSR count). The first-order valence-corrected chi connectivity index (χ1v) is 8.61. The number of carbonyl (C=O) groups is 1. The van der Waals surface area contributed by atoms with Crippen LogP contribution in [-0.2, 0) is 16.9 Å². The molecule has 0 radical (unpaired) electrons. The molecule has 1 amide bonds. The maximum atomic E-state index is 12.4. The summed E-state index contributed by atoms with van der Waals surface area (Å²) in [6, 6.07) is 19.0. The van der Waals surface area contributed by atoms with Crippen molar-refractivity contribution in [2.24, 2.45) is 0 Å². The van der Waals surface area contributed by atoms with E-state index in [0.29, 0.717) is 6.54 Å². The van der Waals surface area contributed by atoms with Gasteiger partial charge < -0.3 is 10.4 Å². The number of carbonyl (C=O) groups excluding carboxylic acids is 1. The third kappa shape index (κ3) is 4.18. The van der Waals surface area contributed by atoms with Crippen LogP contribution in [-0.4, -0.2) is 20.8 Å². The second kappa shape index (κ2) is 7.54. The Kier molecular flexibility index (Phi) is 5.19. The highest BCUT2D eigenvalue weighted by atomic mass is 16.3. The summed E-state index contributed by atoms with van der Waals surface area (Å²) in [5, 5.41) is 17.9. The maximum Gasteiger partial charge on any atom is 0.223 e. The minimum Gasteiger partial charge on any atom is -0.385 e. The van der Waals surface area contributed by atoms with Crippen LogP contribution in [0.2, 0.25) is 0 Å². The summed E-state index contributed by atoms with van der Waals surface area (Å²) in [5.74, 6) is -0.203. The molecule has 1 atom stereocenters. The van der Waals surface area contributed by atoms with Crippen molar-refractivity contribution in [3.05, 3.63) is 83.7 Å². The first-order chi connectivity index (χ1) is 12.5. The number of nitrogens with zero attached hydrogens (tertiary/aromatic N) is 2. The van der Waals surface area contributed by atoms with E-state index in [-0.39, 0.29) is 12.3 Å². The first-order valence-electron chi connectivity index (χ1n) is 8.61. The molecule has 0 aliphatic heterocycles. The Morgan fingerprint density at radius 2 is 1.81 bits per heavy atom. The van der Waals surface area contributed by atoms with Gasteiger partial charge in [-0.25, -0.2) is 4.68 Å². The molecule has 0 saturated heterocycles. The molecule has 134 valence electrons. The average Bonchev–Trinajstić information content (AvgIpc) is 3.07. The van der Waals surface area contributed by atoms with E-state index in [2.05, 4.69) is 10.4 Å². The quantitative estimate of drug-likeness (QED) is 0.719. The first kappa shape index (κ1) is 17.9. The van der Waals surface area contributed by atoms with Gasteiger partial charge in [0.25, 0.3) is 0 Å². The summed E-state index contributed by atoms with van der Waals surface area (Å²) in [6.07, 6.45) is 1.90. The molecule has 5 nitrogen and oxygen atoms in total. The lowest BCUT2D eigenvalue weighted by molar-refractivity contribution is -0.126. The molecule has 0 fully saturated rings. The Hall–Kier alpha value is -2.92. The zero-order chi connectivity index (χ0) is 18.6. The van der Waals surface area contributed by atoms with E-state index in [0.717, 1.165) is 22.5 Å². The number of aliphatic hydroxyl groups is 1. The van der Waals surface area contributed by atoms with Crippen molar-refractivity contribution >= 4 is 5.91 Å². The summed E-state index contributed by atoms with van der Waals surface area (Å²) in [7, 11) is 0. The molecule has 26 heavy (non-hydrogen) atoms. The normalized spacial score (nSPS) is 13.2. The predicted octanol–water partition coefficient (Wildman–Crippen LogP) is 3.09. The van der Waals surface area contributed by atoms with Crippen molar-refractivity contribution in [1.29, 1.82) is 0 Å². The molecule has 5 heteroatoms. The molecule has 2 N–H and O–H groups in total. The van der Waals surface area contributed by atoms with Gasteiger partial charge in [0.1, 0.15) is 0 Å². The third-order valence-electron chi connectivity index (χ3n) is 4.34. The van der Waals surface area contributed by atoms with Crippen LogP contribution in [0.3, 0.4) is 0 Å². The number of hydrogen-bond acceptors (Lipinski definition) is 3. The molecule has 1 heterocycles. The smallest absolute Gasteiger partial charge is 0.223 e. The maximum absolute atomic E-state index is 12.4. The van der Waals surface area contributed by atoms with Gasteiger partial charge >= 0.3 is 0 Å². The van der Waals surface area contributed by atoms with Gasteiger partial charge in [0.2, 0.25) is 5.91 Å². The molecule has 0 aliphatic carbocycles. The highest BCUT2D eigenvalue weighted by Crippen LogP contribution is 2.24. The van der Waals surface area contributed by atoms with E-state index >= 15 is 0 Å². The molecular formula is C21H23N3O2. The van der Waals surface area contributed by atoms with Crippen molar-refractivity contribution in [3.63, 3.8) is 0 Å². The molecule has 0 bridgehead atoms. The highest BCUT2D eigenvalue weighted by molar-refractivity contribution is 5.77. The van der Waals surface area contributed by atoms with E-state index in [1.165, 1.54) is 0 Å². The molecule has 0 aliphatic rings. The minimum atomic E-state index is -1.20. The summed E-state index contributed by atoms with van der Waals surface area (Å²) >= 11 is 0. The minimum absolute atomic E-state index is 0.0000578. The Labute approximate surface area is 153 Å². The molecule has 1 aromatic heterocycles. The van der Waals surface area contributed by atoms with Crippen molar-refractivity contribution < 1.29 is 9.90 Å². The summed E-state index contributed by atoms with van der Waals surface area (Å²) < 4.78 is 1.80. The van der Waals surface area contributed by atoms with Crippen LogP contribution >= 0.6 is 0 Å². The monoisotopic (exact) mass is 349 g/mol. The van der Waals surface area contributed by atoms with Crippen LogP contribution in [0.4, 0.5) is 0 Å². The van der Waals surface area contributed by atoms with Crippen LogP contribution in [0.1, 0.15) is 30.2 Å². The van der Waals surface area contributed by atoms with E-state index in [1.54, 1.807) is 11.6 Å². The van der Waals surface area contributed by atoms with Gasteiger partial charge in [-0.15, -0.1) is 0 Å². The van der Waals surface area contributed by atoms with Gasteiger partial charge in [0.15, 0.2) is 0 Å². The van der Waals surface area contributed by atoms with Gasteiger partial charge in [0, 0.05) is 12.7 Å². The standard InChI is InChI=1S/C21H23N3O2/c1-16-12-13-24(23-16)19-11-7-6-8-17(19)15-22-20(25)14-21(2,26)18-9-4-3-5-10-18/h3-13,26H,14-15H2,1-2H3,(H,22,25)/t21-/m0/s1. The number of rotatable bonds is 6. The molecular weight excluding hydrogens is 326 g/mol. The second-order valence-electron chi connectivity index (χ2n) is 6.62. The van der Waals surface area contributed by atoms with E-state index in [9.17, 15) is 9.90 Å². The van der Waals surface area contributed by atoms with Crippen molar-refractivity contribution in [1.82, 2.24) is 15.1 Å². The van der Waals surface area contributed by atoms with Gasteiger partial charge in [-0.1, -0.05) is 48.5 Å². The largest absolute Gasteiger partial charge is 0.385 e. The summed E-state index contributed by atoms with van der Waals surface area (Å²) in [4.78, 5) is 12.4. The lowest BCUT2D eigenvalue weighted by Gasteiger charge is -2.23. The van der Waals surface area contributed by atoms with Crippen LogP contribution in [0, 0.1) is 6.92 Å². The summed E-state index contributed by atoms with van der Waals surface area (Å²) in [5.41, 5.74) is 2.34. The Bertz CT molecular complexity index is 885. The van der Waals surface area contributed by atoms with Crippen molar-refractivity contribution in [3.8, 4) is 5.69 Å². The Balaban J connectivity index is 1.67. The average molecular weight is 349 g/mol. The van der Waals surface area contributed by atoms with Crippen LogP contribution in [0.5, 0.6) is 0 Å². The molecule has 0 saturated carbocycles. The SMILES string of the molecule is Cc1ccn(-c2ccccc2CNC(=O)C[C@](C)(O)c2ccccc2)n1. The number of amides is 1. The lowest BCUT2D eigenvalue weighted by atomic mass is 9.92. The van der Waals surface area contributed by atoms with Gasteiger partial charge in [-0.2, -0.15) is 5.10 Å². The van der Waals surface area contributed by atoms with Crippen molar-refractivity contribution in [2.75, 3.05) is 0 Å². The van der Waals surface area contributed by atoms with Gasteiger partial charge in [0.05, 0.1) is 23.4 Å². The highest BCUT2D eigenvalue weighted by Gasteiger charge is 2.26. The lowest BCUT2D eigenvalue weighted by Crippen LogP contribution is -2.32. The molecule has 3 aromatic rings. The van der Waals surface area contributed by atoms with Crippen LogP contribution in [0.15, 0.2) is 66.9 Å². The van der Waals surface area contributed by atoms with Crippen LogP contribution in [0.25, 0.3) is 5.69 Å². The Morgan fingerprint density at radius 1 is 1.12 bits per heavy atom. The number of benzene rings is 2. The van der Waals surface area contributed by atoms with Gasteiger partial charge in [-0.3, -0.25) is 4.79 Å². The number of hydrogen-bond donors (Lipinski definition) is 2. The fraction of sp³-hybridized carbons (Fsp3) is 0.238. The van der Waals surface area contributed by atoms with E-state index in [4.69, 9.17) is 0 Å². The zero-order valence-electron chi connectivity index (χ0n) is 15.0. The number of aromatic nitrogens is 2. The number of para-hydroxylation sites is 1. The van der Waals surface area contributed by atoms with E-state index < -0.39 is 5.60 Å². The molecule has 0 unspecified atom stereocenters. The third-order valence-corrected chi connectivity index (χ3v) is 4.34. The zero-order valence-corrected chi connectivity index (χ0v) is 15.0. The summed E-state index contributed by atoms with van der Waals surface area (Å²) in [6.45, 7) is 3.97.